The van der Waals surface area contributed by atoms with Gasteiger partial charge in [0.2, 0.25) is 5.91 Å². The van der Waals surface area contributed by atoms with Gasteiger partial charge in [0, 0.05) is 29.6 Å². The molecular weight excluding hydrogens is 289 g/mol. The summed E-state index contributed by atoms with van der Waals surface area (Å²) in [6.45, 7) is 0.275. The molecule has 94 valence electrons. The van der Waals surface area contributed by atoms with Crippen molar-refractivity contribution in [2.45, 2.75) is 25.8 Å². The summed E-state index contributed by atoms with van der Waals surface area (Å²) in [5, 5.41) is 11.2. The van der Waals surface area contributed by atoms with Crippen LogP contribution in [0.4, 0.5) is 4.39 Å². The molecule has 0 heterocycles. The number of amides is 1. The Kier molecular flexibility index (Phi) is 6.15. The van der Waals surface area contributed by atoms with Crippen LogP contribution in [0.2, 0.25) is 0 Å². The highest BCUT2D eigenvalue weighted by Crippen LogP contribution is 2.15. The minimum atomic E-state index is -0.330. The maximum atomic E-state index is 13.3. The molecule has 0 aliphatic carbocycles. The summed E-state index contributed by atoms with van der Waals surface area (Å²) in [4.78, 5) is 11.4. The van der Waals surface area contributed by atoms with Crippen molar-refractivity contribution in [1.82, 2.24) is 5.32 Å². The molecule has 1 aromatic rings. The van der Waals surface area contributed by atoms with E-state index in [9.17, 15) is 9.18 Å². The van der Waals surface area contributed by atoms with Gasteiger partial charge < -0.3 is 10.4 Å². The number of hydrogen-bond donors (Lipinski definition) is 2. The number of carbonyl (C=O) groups excluding carboxylic acids is 1. The monoisotopic (exact) mass is 303 g/mol. The molecule has 0 atom stereocenters. The van der Waals surface area contributed by atoms with Crippen molar-refractivity contribution in [3.05, 3.63) is 34.1 Å². The summed E-state index contributed by atoms with van der Waals surface area (Å²) in [7, 11) is 0. The standard InChI is InChI=1S/C12H15BrFNO2/c13-10-4-5-11(14)9(7-10)8-15-12(17)3-1-2-6-16/h4-5,7,16H,1-3,6,8H2,(H,15,17). The number of benzene rings is 1. The molecule has 0 aromatic heterocycles. The molecule has 1 amide bonds. The predicted molar refractivity (Wildman–Crippen MR) is 66.9 cm³/mol. The van der Waals surface area contributed by atoms with Gasteiger partial charge in [0.25, 0.3) is 0 Å². The lowest BCUT2D eigenvalue weighted by Crippen LogP contribution is -2.23. The third-order valence-electron chi connectivity index (χ3n) is 2.30. The van der Waals surface area contributed by atoms with Crippen LogP contribution >= 0.6 is 15.9 Å². The van der Waals surface area contributed by atoms with Crippen molar-refractivity contribution in [2.75, 3.05) is 6.61 Å². The maximum Gasteiger partial charge on any atom is 0.220 e. The Hall–Kier alpha value is -0.940. The first kappa shape index (κ1) is 14.1. The fraction of sp³-hybridized carbons (Fsp3) is 0.417. The third-order valence-corrected chi connectivity index (χ3v) is 2.79. The molecule has 0 fully saturated rings. The number of rotatable bonds is 6. The van der Waals surface area contributed by atoms with Crippen molar-refractivity contribution in [2.24, 2.45) is 0 Å². The summed E-state index contributed by atoms with van der Waals surface area (Å²) in [5.41, 5.74) is 0.454. The van der Waals surface area contributed by atoms with E-state index in [1.165, 1.54) is 6.07 Å². The van der Waals surface area contributed by atoms with E-state index in [4.69, 9.17) is 5.11 Å². The van der Waals surface area contributed by atoms with Gasteiger partial charge in [-0.2, -0.15) is 0 Å². The minimum absolute atomic E-state index is 0.0908. The molecule has 0 radical (unpaired) electrons. The van der Waals surface area contributed by atoms with Crippen LogP contribution in [0.3, 0.4) is 0 Å². The molecule has 1 rings (SSSR count). The summed E-state index contributed by atoms with van der Waals surface area (Å²) >= 11 is 3.25. The zero-order valence-electron chi connectivity index (χ0n) is 9.38. The van der Waals surface area contributed by atoms with Crippen molar-refractivity contribution in [1.29, 1.82) is 0 Å². The number of carbonyl (C=O) groups is 1. The van der Waals surface area contributed by atoms with Crippen LogP contribution < -0.4 is 5.32 Å². The molecule has 3 nitrogen and oxygen atoms in total. The fourth-order valence-electron chi connectivity index (χ4n) is 1.36. The SMILES string of the molecule is O=C(CCCCO)NCc1cc(Br)ccc1F. The molecular formula is C12H15BrFNO2. The molecule has 0 bridgehead atoms. The first-order valence-corrected chi connectivity index (χ1v) is 6.24. The molecule has 0 aliphatic heterocycles. The smallest absolute Gasteiger partial charge is 0.220 e. The van der Waals surface area contributed by atoms with E-state index in [0.29, 0.717) is 24.8 Å². The van der Waals surface area contributed by atoms with E-state index in [1.54, 1.807) is 12.1 Å². The Labute approximate surface area is 108 Å². The second kappa shape index (κ2) is 7.40. The van der Waals surface area contributed by atoms with Crippen molar-refractivity contribution in [3.63, 3.8) is 0 Å². The highest BCUT2D eigenvalue weighted by Gasteiger charge is 2.05. The molecule has 0 unspecified atom stereocenters. The lowest BCUT2D eigenvalue weighted by atomic mass is 10.2. The van der Waals surface area contributed by atoms with Gasteiger partial charge in [-0.05, 0) is 31.0 Å². The molecule has 5 heteroatoms. The molecule has 0 saturated heterocycles. The Morgan fingerprint density at radius 1 is 1.41 bits per heavy atom. The molecule has 2 N–H and O–H groups in total. The first-order valence-electron chi connectivity index (χ1n) is 5.45. The van der Waals surface area contributed by atoms with Crippen LogP contribution in [-0.2, 0) is 11.3 Å². The second-order valence-electron chi connectivity index (χ2n) is 3.69. The number of unbranched alkanes of at least 4 members (excludes halogenated alkanes) is 1. The normalized spacial score (nSPS) is 10.3. The Balaban J connectivity index is 2.39. The van der Waals surface area contributed by atoms with E-state index >= 15 is 0 Å². The van der Waals surface area contributed by atoms with Gasteiger partial charge in [-0.1, -0.05) is 15.9 Å². The molecule has 17 heavy (non-hydrogen) atoms. The molecule has 0 saturated carbocycles. The van der Waals surface area contributed by atoms with Crippen LogP contribution in [0.15, 0.2) is 22.7 Å². The van der Waals surface area contributed by atoms with E-state index in [1.807, 2.05) is 0 Å². The predicted octanol–water partition coefficient (Wildman–Crippen LogP) is 2.37. The highest BCUT2D eigenvalue weighted by molar-refractivity contribution is 9.10. The van der Waals surface area contributed by atoms with E-state index in [-0.39, 0.29) is 24.9 Å². The topological polar surface area (TPSA) is 49.3 Å². The largest absolute Gasteiger partial charge is 0.396 e. The highest BCUT2D eigenvalue weighted by atomic mass is 79.9. The first-order chi connectivity index (χ1) is 8.13. The molecule has 1 aromatic carbocycles. The van der Waals surface area contributed by atoms with Gasteiger partial charge in [-0.25, -0.2) is 4.39 Å². The van der Waals surface area contributed by atoms with E-state index in [0.717, 1.165) is 4.47 Å². The molecule has 0 aliphatic rings. The van der Waals surface area contributed by atoms with Crippen molar-refractivity contribution in [3.8, 4) is 0 Å². The lowest BCUT2D eigenvalue weighted by molar-refractivity contribution is -0.121. The zero-order chi connectivity index (χ0) is 12.7. The van der Waals surface area contributed by atoms with E-state index < -0.39 is 0 Å². The second-order valence-corrected chi connectivity index (χ2v) is 4.61. The number of halogens is 2. The third kappa shape index (κ3) is 5.28. The quantitative estimate of drug-likeness (QED) is 0.793. The van der Waals surface area contributed by atoms with Gasteiger partial charge in [0.1, 0.15) is 5.82 Å². The average molecular weight is 304 g/mol. The Morgan fingerprint density at radius 3 is 2.88 bits per heavy atom. The zero-order valence-corrected chi connectivity index (χ0v) is 11.0. The number of nitrogens with one attached hydrogen (secondary N) is 1. The molecule has 0 spiro atoms. The summed E-state index contributed by atoms with van der Waals surface area (Å²) in [6.07, 6.45) is 1.61. The van der Waals surface area contributed by atoms with Gasteiger partial charge in [-0.15, -0.1) is 0 Å². The Bertz CT molecular complexity index is 385. The van der Waals surface area contributed by atoms with E-state index in [2.05, 4.69) is 21.2 Å². The lowest BCUT2D eigenvalue weighted by Gasteiger charge is -2.06. The maximum absolute atomic E-state index is 13.3. The van der Waals surface area contributed by atoms with Crippen LogP contribution in [0.25, 0.3) is 0 Å². The number of aliphatic hydroxyl groups is 1. The van der Waals surface area contributed by atoms with Gasteiger partial charge >= 0.3 is 0 Å². The van der Waals surface area contributed by atoms with Crippen LogP contribution in [0, 0.1) is 5.82 Å². The summed E-state index contributed by atoms with van der Waals surface area (Å²) in [5.74, 6) is -0.457. The fourth-order valence-corrected chi connectivity index (χ4v) is 1.77. The van der Waals surface area contributed by atoms with Gasteiger partial charge in [0.05, 0.1) is 0 Å². The summed E-state index contributed by atoms with van der Waals surface area (Å²) < 4.78 is 14.1. The van der Waals surface area contributed by atoms with Crippen LogP contribution in [-0.4, -0.2) is 17.6 Å². The number of hydrogen-bond acceptors (Lipinski definition) is 2. The summed E-state index contributed by atoms with van der Waals surface area (Å²) in [6, 6.07) is 4.61. The van der Waals surface area contributed by atoms with Crippen molar-refractivity contribution < 1.29 is 14.3 Å². The average Bonchev–Trinajstić information content (AvgIpc) is 2.31. The van der Waals surface area contributed by atoms with Crippen LogP contribution in [0.1, 0.15) is 24.8 Å². The van der Waals surface area contributed by atoms with Crippen molar-refractivity contribution >= 4 is 21.8 Å². The van der Waals surface area contributed by atoms with Gasteiger partial charge in [-0.3, -0.25) is 4.79 Å². The number of aliphatic hydroxyl groups excluding tert-OH is 1. The Morgan fingerprint density at radius 2 is 2.18 bits per heavy atom. The minimum Gasteiger partial charge on any atom is -0.396 e. The van der Waals surface area contributed by atoms with Gasteiger partial charge in [0.15, 0.2) is 0 Å². The van der Waals surface area contributed by atoms with Crippen LogP contribution in [0.5, 0.6) is 0 Å².